The molecule has 5 nitrogen and oxygen atoms in total. The summed E-state index contributed by atoms with van der Waals surface area (Å²) in [5.41, 5.74) is 0. The molecule has 18 heavy (non-hydrogen) atoms. The second kappa shape index (κ2) is 6.86. The smallest absolute Gasteiger partial charge is 0.303 e. The first kappa shape index (κ1) is 15.1. The minimum Gasteiger partial charge on any atom is -0.481 e. The van der Waals surface area contributed by atoms with Crippen LogP contribution in [0.4, 0.5) is 0 Å². The molecule has 1 saturated heterocycles. The van der Waals surface area contributed by atoms with Gasteiger partial charge < -0.3 is 10.2 Å². The Bertz CT molecular complexity index is 393. The third-order valence-corrected chi connectivity index (χ3v) is 3.72. The highest BCUT2D eigenvalue weighted by Gasteiger charge is 2.31. The Morgan fingerprint density at radius 1 is 1.61 bits per heavy atom. The zero-order chi connectivity index (χ0) is 13.7. The number of aliphatic hydroxyl groups excluding tert-OH is 1. The minimum absolute atomic E-state index is 0.0176. The molecule has 1 aliphatic rings. The summed E-state index contributed by atoms with van der Waals surface area (Å²) in [5, 5.41) is 17.7. The van der Waals surface area contributed by atoms with Crippen molar-refractivity contribution in [2.24, 2.45) is 0 Å². The van der Waals surface area contributed by atoms with Crippen molar-refractivity contribution in [3.8, 4) is 0 Å². The first-order chi connectivity index (χ1) is 8.41. The highest BCUT2D eigenvalue weighted by Crippen LogP contribution is 2.31. The zero-order valence-electron chi connectivity index (χ0n) is 9.96. The van der Waals surface area contributed by atoms with Crippen LogP contribution in [0.25, 0.3) is 0 Å². The number of thioether (sulfide) groups is 1. The molecule has 1 amide bonds. The van der Waals surface area contributed by atoms with Crippen LogP contribution in [0.5, 0.6) is 0 Å². The molecular formula is C11H15NO4S2. The van der Waals surface area contributed by atoms with Crippen LogP contribution in [0.2, 0.25) is 0 Å². The maximum absolute atomic E-state index is 11.9. The van der Waals surface area contributed by atoms with Crippen LogP contribution in [-0.2, 0) is 9.59 Å². The standard InChI is InChI=1S/C11H15NO4S2/c1-7(13)4-5-8-10(16)12(11(17)18-8)6-2-3-9(14)15/h5,7,13H,2-4,6H2,1H3,(H,14,15)/b8-5-. The predicted octanol–water partition coefficient (Wildman–Crippen LogP) is 1.37. The summed E-state index contributed by atoms with van der Waals surface area (Å²) in [4.78, 5) is 24.2. The molecule has 100 valence electrons. The van der Waals surface area contributed by atoms with Crippen LogP contribution in [0.15, 0.2) is 11.0 Å². The molecule has 1 fully saturated rings. The summed E-state index contributed by atoms with van der Waals surface area (Å²) in [5.74, 6) is -1.08. The Labute approximate surface area is 115 Å². The molecule has 1 heterocycles. The number of hydrogen-bond acceptors (Lipinski definition) is 5. The molecule has 0 bridgehead atoms. The molecule has 0 aliphatic carbocycles. The molecule has 2 N–H and O–H groups in total. The summed E-state index contributed by atoms with van der Waals surface area (Å²) in [7, 11) is 0. The SMILES string of the molecule is CC(O)C/C=C1\SC(=S)N(CCCC(=O)O)C1=O. The average Bonchev–Trinajstić information content (AvgIpc) is 2.53. The lowest BCUT2D eigenvalue weighted by Gasteiger charge is -2.13. The Balaban J connectivity index is 2.56. The molecule has 0 aromatic carbocycles. The van der Waals surface area contributed by atoms with Gasteiger partial charge in [-0.25, -0.2) is 0 Å². The second-order valence-electron chi connectivity index (χ2n) is 3.98. The van der Waals surface area contributed by atoms with Crippen molar-refractivity contribution in [2.45, 2.75) is 32.3 Å². The normalized spacial score (nSPS) is 19.7. The number of carbonyl (C=O) groups is 2. The van der Waals surface area contributed by atoms with Crippen LogP contribution in [-0.4, -0.2) is 44.0 Å². The first-order valence-corrected chi connectivity index (χ1v) is 6.78. The van der Waals surface area contributed by atoms with Gasteiger partial charge in [-0.05, 0) is 19.8 Å². The van der Waals surface area contributed by atoms with E-state index in [2.05, 4.69) is 0 Å². The summed E-state index contributed by atoms with van der Waals surface area (Å²) >= 11 is 6.26. The predicted molar refractivity (Wildman–Crippen MR) is 73.2 cm³/mol. The number of nitrogens with zero attached hydrogens (tertiary/aromatic N) is 1. The highest BCUT2D eigenvalue weighted by atomic mass is 32.2. The molecule has 1 rings (SSSR count). The van der Waals surface area contributed by atoms with Crippen molar-refractivity contribution < 1.29 is 19.8 Å². The zero-order valence-corrected chi connectivity index (χ0v) is 11.6. The fourth-order valence-electron chi connectivity index (χ4n) is 1.40. The molecular weight excluding hydrogens is 274 g/mol. The Morgan fingerprint density at radius 2 is 2.28 bits per heavy atom. The summed E-state index contributed by atoms with van der Waals surface area (Å²) < 4.78 is 0.447. The van der Waals surface area contributed by atoms with Gasteiger partial charge >= 0.3 is 5.97 Å². The van der Waals surface area contributed by atoms with Gasteiger partial charge in [0.05, 0.1) is 11.0 Å². The van der Waals surface area contributed by atoms with E-state index in [9.17, 15) is 9.59 Å². The van der Waals surface area contributed by atoms with E-state index >= 15 is 0 Å². The number of thiocarbonyl (C=S) groups is 1. The van der Waals surface area contributed by atoms with Crippen LogP contribution in [0, 0.1) is 0 Å². The quantitative estimate of drug-likeness (QED) is 0.568. The topological polar surface area (TPSA) is 77.8 Å². The molecule has 0 aromatic rings. The molecule has 1 atom stereocenters. The van der Waals surface area contributed by atoms with Crippen molar-refractivity contribution in [2.75, 3.05) is 6.54 Å². The lowest BCUT2D eigenvalue weighted by atomic mass is 10.2. The number of carboxylic acid groups (broad SMARTS) is 1. The van der Waals surface area contributed by atoms with Crippen LogP contribution in [0.1, 0.15) is 26.2 Å². The largest absolute Gasteiger partial charge is 0.481 e. The van der Waals surface area contributed by atoms with Crippen molar-refractivity contribution in [1.82, 2.24) is 4.90 Å². The molecule has 0 spiro atoms. The van der Waals surface area contributed by atoms with Crippen molar-refractivity contribution in [1.29, 1.82) is 0 Å². The van der Waals surface area contributed by atoms with Crippen molar-refractivity contribution in [3.05, 3.63) is 11.0 Å². The van der Waals surface area contributed by atoms with Gasteiger partial charge in [-0.3, -0.25) is 14.5 Å². The lowest BCUT2D eigenvalue weighted by molar-refractivity contribution is -0.137. The maximum Gasteiger partial charge on any atom is 0.303 e. The first-order valence-electron chi connectivity index (χ1n) is 5.55. The van der Waals surface area contributed by atoms with E-state index in [0.29, 0.717) is 28.6 Å². The van der Waals surface area contributed by atoms with Gasteiger partial charge in [0.15, 0.2) is 0 Å². The Hall–Kier alpha value is -0.920. The number of amides is 1. The van der Waals surface area contributed by atoms with Gasteiger partial charge in [-0.2, -0.15) is 0 Å². The van der Waals surface area contributed by atoms with E-state index < -0.39 is 12.1 Å². The fourth-order valence-corrected chi connectivity index (χ4v) is 2.69. The van der Waals surface area contributed by atoms with E-state index in [1.54, 1.807) is 13.0 Å². The van der Waals surface area contributed by atoms with Gasteiger partial charge in [0.2, 0.25) is 0 Å². The fraction of sp³-hybridized carbons (Fsp3) is 0.545. The van der Waals surface area contributed by atoms with Gasteiger partial charge in [0.1, 0.15) is 4.32 Å². The third-order valence-electron chi connectivity index (χ3n) is 2.29. The van der Waals surface area contributed by atoms with E-state index in [-0.39, 0.29) is 12.3 Å². The number of hydrogen-bond donors (Lipinski definition) is 2. The van der Waals surface area contributed by atoms with Gasteiger partial charge in [-0.1, -0.05) is 30.1 Å². The number of carbonyl (C=O) groups excluding carboxylic acids is 1. The summed E-state index contributed by atoms with van der Waals surface area (Å²) in [6, 6.07) is 0. The molecule has 1 aliphatic heterocycles. The second-order valence-corrected chi connectivity index (χ2v) is 5.65. The highest BCUT2D eigenvalue weighted by molar-refractivity contribution is 8.26. The van der Waals surface area contributed by atoms with Crippen LogP contribution in [0.3, 0.4) is 0 Å². The van der Waals surface area contributed by atoms with E-state index in [1.807, 2.05) is 0 Å². The van der Waals surface area contributed by atoms with Crippen LogP contribution < -0.4 is 0 Å². The molecule has 0 aromatic heterocycles. The monoisotopic (exact) mass is 289 g/mol. The van der Waals surface area contributed by atoms with Crippen molar-refractivity contribution in [3.63, 3.8) is 0 Å². The van der Waals surface area contributed by atoms with E-state index in [0.717, 1.165) is 0 Å². The number of aliphatic carboxylic acids is 1. The number of rotatable bonds is 6. The third kappa shape index (κ3) is 4.40. The van der Waals surface area contributed by atoms with Gasteiger partial charge in [0, 0.05) is 13.0 Å². The summed E-state index contributed by atoms with van der Waals surface area (Å²) in [6.45, 7) is 1.97. The summed E-state index contributed by atoms with van der Waals surface area (Å²) in [6.07, 6.45) is 1.97. The van der Waals surface area contributed by atoms with E-state index in [4.69, 9.17) is 22.4 Å². The van der Waals surface area contributed by atoms with Crippen LogP contribution >= 0.6 is 24.0 Å². The van der Waals surface area contributed by atoms with Gasteiger partial charge in [-0.15, -0.1) is 0 Å². The minimum atomic E-state index is -0.884. The molecule has 0 radical (unpaired) electrons. The van der Waals surface area contributed by atoms with Gasteiger partial charge in [0.25, 0.3) is 5.91 Å². The maximum atomic E-state index is 11.9. The molecule has 0 saturated carbocycles. The molecule has 1 unspecified atom stereocenters. The average molecular weight is 289 g/mol. The Morgan fingerprint density at radius 3 is 2.83 bits per heavy atom. The Kier molecular flexibility index (Phi) is 5.77. The van der Waals surface area contributed by atoms with E-state index in [1.165, 1.54) is 16.7 Å². The lowest BCUT2D eigenvalue weighted by Crippen LogP contribution is -2.29. The number of aliphatic hydroxyl groups is 1. The van der Waals surface area contributed by atoms with Crippen molar-refractivity contribution >= 4 is 40.2 Å². The number of carboxylic acids is 1. The molecule has 7 heteroatoms.